The molecule has 158 valence electrons. The zero-order valence-corrected chi connectivity index (χ0v) is 19.2. The Kier molecular flexibility index (Phi) is 5.85. The van der Waals surface area contributed by atoms with Crippen molar-refractivity contribution in [1.29, 1.82) is 0 Å². The molecule has 0 N–H and O–H groups in total. The van der Waals surface area contributed by atoms with E-state index < -0.39 is 9.84 Å². The van der Waals surface area contributed by atoms with Crippen LogP contribution in [0.15, 0.2) is 48.5 Å². The third kappa shape index (κ3) is 4.23. The van der Waals surface area contributed by atoms with Crippen molar-refractivity contribution >= 4 is 33.7 Å². The van der Waals surface area contributed by atoms with Crippen molar-refractivity contribution < 1.29 is 8.42 Å². The predicted molar refractivity (Wildman–Crippen MR) is 122 cm³/mol. The molecule has 0 radical (unpaired) electrons. The maximum atomic E-state index is 11.9. The quantitative estimate of drug-likeness (QED) is 0.534. The van der Waals surface area contributed by atoms with Crippen LogP contribution >= 0.6 is 23.8 Å². The average molecular weight is 463 g/mol. The summed E-state index contributed by atoms with van der Waals surface area (Å²) in [5.41, 5.74) is 2.95. The predicted octanol–water partition coefficient (Wildman–Crippen LogP) is 4.11. The SMILES string of the molecule is Cc1ccccc1-n1c(-c2ccc(Cl)cc2)nn(CN(C)[C@H]2CCS(=O)(=O)C2)c1=S. The molecule has 0 spiro atoms. The van der Waals surface area contributed by atoms with Crippen molar-refractivity contribution in [2.24, 2.45) is 0 Å². The molecule has 0 amide bonds. The summed E-state index contributed by atoms with van der Waals surface area (Å²) >= 11 is 11.9. The molecule has 4 rings (SSSR count). The van der Waals surface area contributed by atoms with E-state index in [-0.39, 0.29) is 17.5 Å². The summed E-state index contributed by atoms with van der Waals surface area (Å²) in [7, 11) is -1.04. The summed E-state index contributed by atoms with van der Waals surface area (Å²) in [4.78, 5) is 2.02. The molecule has 1 aliphatic heterocycles. The molecule has 30 heavy (non-hydrogen) atoms. The molecule has 1 aromatic heterocycles. The normalized spacial score (nSPS) is 18.2. The van der Waals surface area contributed by atoms with E-state index in [1.807, 2.05) is 72.0 Å². The highest BCUT2D eigenvalue weighted by atomic mass is 35.5. The van der Waals surface area contributed by atoms with Gasteiger partial charge in [-0.25, -0.2) is 13.1 Å². The fraction of sp³-hybridized carbons (Fsp3) is 0.333. The first-order valence-corrected chi connectivity index (χ1v) is 12.3. The fourth-order valence-electron chi connectivity index (χ4n) is 3.77. The highest BCUT2D eigenvalue weighted by Crippen LogP contribution is 2.26. The smallest absolute Gasteiger partial charge is 0.204 e. The van der Waals surface area contributed by atoms with Crippen LogP contribution in [-0.4, -0.2) is 52.3 Å². The van der Waals surface area contributed by atoms with Gasteiger partial charge in [0, 0.05) is 16.6 Å². The zero-order valence-electron chi connectivity index (χ0n) is 16.8. The van der Waals surface area contributed by atoms with Crippen LogP contribution in [0.5, 0.6) is 0 Å². The monoisotopic (exact) mass is 462 g/mol. The number of rotatable bonds is 5. The molecule has 1 atom stereocenters. The molecular formula is C21H23ClN4O2S2. The number of aryl methyl sites for hydroxylation is 1. The van der Waals surface area contributed by atoms with E-state index in [4.69, 9.17) is 28.9 Å². The molecule has 0 aliphatic carbocycles. The first-order chi connectivity index (χ1) is 14.2. The first kappa shape index (κ1) is 21.2. The second kappa shape index (κ2) is 8.26. The van der Waals surface area contributed by atoms with Gasteiger partial charge < -0.3 is 0 Å². The maximum absolute atomic E-state index is 11.9. The van der Waals surface area contributed by atoms with Gasteiger partial charge in [0.25, 0.3) is 0 Å². The molecule has 1 fully saturated rings. The Balaban J connectivity index is 1.77. The van der Waals surface area contributed by atoms with Crippen LogP contribution in [0.25, 0.3) is 17.1 Å². The van der Waals surface area contributed by atoms with Gasteiger partial charge in [-0.05, 0) is 68.5 Å². The highest BCUT2D eigenvalue weighted by Gasteiger charge is 2.31. The molecule has 0 bridgehead atoms. The van der Waals surface area contributed by atoms with Gasteiger partial charge in [-0.3, -0.25) is 9.47 Å². The minimum absolute atomic E-state index is 0.0282. The molecule has 2 aromatic carbocycles. The number of halogens is 1. The van der Waals surface area contributed by atoms with E-state index in [9.17, 15) is 8.42 Å². The molecule has 1 saturated heterocycles. The van der Waals surface area contributed by atoms with E-state index >= 15 is 0 Å². The third-order valence-electron chi connectivity index (χ3n) is 5.49. The van der Waals surface area contributed by atoms with E-state index in [2.05, 4.69) is 0 Å². The second-order valence-electron chi connectivity index (χ2n) is 7.69. The van der Waals surface area contributed by atoms with Crippen LogP contribution in [0.4, 0.5) is 0 Å². The Labute approximate surface area is 186 Å². The molecule has 0 saturated carbocycles. The topological polar surface area (TPSA) is 60.1 Å². The third-order valence-corrected chi connectivity index (χ3v) is 7.88. The lowest BCUT2D eigenvalue weighted by atomic mass is 10.1. The van der Waals surface area contributed by atoms with Gasteiger partial charge in [-0.2, -0.15) is 0 Å². The Hall–Kier alpha value is -2.00. The Morgan fingerprint density at radius 3 is 2.53 bits per heavy atom. The number of nitrogens with zero attached hydrogens (tertiary/aromatic N) is 4. The van der Waals surface area contributed by atoms with Gasteiger partial charge in [0.15, 0.2) is 15.7 Å². The van der Waals surface area contributed by atoms with E-state index in [0.29, 0.717) is 22.9 Å². The minimum Gasteiger partial charge on any atom is -0.283 e. The standard InChI is InChI=1S/C21H23ClN4O2S2/c1-15-5-3-4-6-19(15)26-20(16-7-9-17(22)10-8-16)23-25(21(26)29)14-24(2)18-11-12-30(27,28)13-18/h3-10,18H,11-14H2,1-2H3/t18-/m0/s1. The lowest BCUT2D eigenvalue weighted by Crippen LogP contribution is -2.34. The Bertz CT molecular complexity index is 1230. The number of sulfone groups is 1. The highest BCUT2D eigenvalue weighted by molar-refractivity contribution is 7.91. The molecule has 3 aromatic rings. The van der Waals surface area contributed by atoms with E-state index in [1.54, 1.807) is 4.68 Å². The van der Waals surface area contributed by atoms with Gasteiger partial charge in [-0.15, -0.1) is 5.10 Å². The van der Waals surface area contributed by atoms with Gasteiger partial charge in [0.05, 0.1) is 23.9 Å². The summed E-state index contributed by atoms with van der Waals surface area (Å²) in [6.45, 7) is 2.45. The van der Waals surface area contributed by atoms with Crippen molar-refractivity contribution in [3.8, 4) is 17.1 Å². The summed E-state index contributed by atoms with van der Waals surface area (Å²) in [6, 6.07) is 15.5. The minimum atomic E-state index is -2.96. The molecule has 6 nitrogen and oxygen atoms in total. The molecule has 0 unspecified atom stereocenters. The van der Waals surface area contributed by atoms with Crippen LogP contribution in [0.1, 0.15) is 12.0 Å². The number of benzene rings is 2. The number of hydrogen-bond acceptors (Lipinski definition) is 5. The summed E-state index contributed by atoms with van der Waals surface area (Å²) in [5, 5.41) is 5.47. The molecule has 1 aliphatic rings. The molecule has 2 heterocycles. The first-order valence-electron chi connectivity index (χ1n) is 9.67. The van der Waals surface area contributed by atoms with Crippen molar-refractivity contribution in [2.75, 3.05) is 18.6 Å². The van der Waals surface area contributed by atoms with Crippen LogP contribution in [-0.2, 0) is 16.5 Å². The second-order valence-corrected chi connectivity index (χ2v) is 10.7. The van der Waals surface area contributed by atoms with Gasteiger partial charge in [-0.1, -0.05) is 29.8 Å². The van der Waals surface area contributed by atoms with Crippen LogP contribution in [0.2, 0.25) is 5.02 Å². The summed E-state index contributed by atoms with van der Waals surface area (Å²) in [6.07, 6.45) is 0.634. The maximum Gasteiger partial charge on any atom is 0.204 e. The van der Waals surface area contributed by atoms with Gasteiger partial charge in [0.2, 0.25) is 4.77 Å². The molecular weight excluding hydrogens is 440 g/mol. The van der Waals surface area contributed by atoms with E-state index in [0.717, 1.165) is 22.6 Å². The molecule has 9 heteroatoms. The van der Waals surface area contributed by atoms with E-state index in [1.165, 1.54) is 0 Å². The summed E-state index contributed by atoms with van der Waals surface area (Å²) in [5.74, 6) is 1.14. The van der Waals surface area contributed by atoms with Crippen molar-refractivity contribution in [3.63, 3.8) is 0 Å². The number of hydrogen-bond donors (Lipinski definition) is 0. The van der Waals surface area contributed by atoms with Gasteiger partial charge >= 0.3 is 0 Å². The van der Waals surface area contributed by atoms with Crippen LogP contribution < -0.4 is 0 Å². The van der Waals surface area contributed by atoms with Crippen molar-refractivity contribution in [2.45, 2.75) is 26.1 Å². The number of aromatic nitrogens is 3. The summed E-state index contributed by atoms with van der Waals surface area (Å²) < 4.78 is 28.0. The van der Waals surface area contributed by atoms with Crippen molar-refractivity contribution in [3.05, 3.63) is 63.9 Å². The van der Waals surface area contributed by atoms with Crippen molar-refractivity contribution in [1.82, 2.24) is 19.2 Å². The largest absolute Gasteiger partial charge is 0.283 e. The number of para-hydroxylation sites is 1. The lowest BCUT2D eigenvalue weighted by Gasteiger charge is -2.22. The Morgan fingerprint density at radius 1 is 1.20 bits per heavy atom. The fourth-order valence-corrected chi connectivity index (χ4v) is 5.98. The van der Waals surface area contributed by atoms with Gasteiger partial charge in [0.1, 0.15) is 0 Å². The zero-order chi connectivity index (χ0) is 21.5. The Morgan fingerprint density at radius 2 is 1.90 bits per heavy atom. The van der Waals surface area contributed by atoms with Crippen LogP contribution in [0.3, 0.4) is 0 Å². The average Bonchev–Trinajstić information content (AvgIpc) is 3.23. The van der Waals surface area contributed by atoms with Crippen LogP contribution in [0, 0.1) is 11.7 Å². The lowest BCUT2D eigenvalue weighted by molar-refractivity contribution is 0.196.